The monoisotopic (exact) mass is 825 g/mol. The van der Waals surface area contributed by atoms with Crippen LogP contribution in [0.3, 0.4) is 0 Å². The van der Waals surface area contributed by atoms with Crippen LogP contribution in [0.2, 0.25) is 0 Å². The average molecular weight is 826 g/mol. The first-order valence-corrected chi connectivity index (χ1v) is 22.9. The summed E-state index contributed by atoms with van der Waals surface area (Å²) >= 11 is 0. The van der Waals surface area contributed by atoms with Crippen LogP contribution in [0.15, 0.2) is 14.9 Å². The van der Waals surface area contributed by atoms with E-state index >= 15 is 0 Å². The van der Waals surface area contributed by atoms with Crippen molar-refractivity contribution in [2.24, 2.45) is 5.73 Å². The van der Waals surface area contributed by atoms with Crippen molar-refractivity contribution in [1.82, 2.24) is 0 Å². The summed E-state index contributed by atoms with van der Waals surface area (Å²) in [4.78, 5) is 46.2. The molecule has 2 heterocycles. The molecule has 0 aliphatic carbocycles. The number of aliphatic carboxylic acids is 1. The molecule has 2 aromatic rings. The zero-order chi connectivity index (χ0) is 42.1. The minimum Gasteiger partial charge on any atom is -0.480 e. The zero-order valence-electron chi connectivity index (χ0n) is 35.4. The van der Waals surface area contributed by atoms with E-state index in [1.165, 1.54) is 29.5 Å². The number of carbonyl (C=O) groups is 3. The molecule has 0 saturated heterocycles. The van der Waals surface area contributed by atoms with Gasteiger partial charge in [0.2, 0.25) is 0 Å². The molecule has 0 amide bonds. The van der Waals surface area contributed by atoms with Gasteiger partial charge in [-0.1, -0.05) is 78.1 Å². The summed E-state index contributed by atoms with van der Waals surface area (Å²) < 4.78 is 44.9. The fraction of sp³-hybridized carbons (Fsp3) is 0.744. The summed E-state index contributed by atoms with van der Waals surface area (Å²) in [5.74, 6) is 1.90. The number of ether oxygens (including phenoxy) is 2. The Kier molecular flexibility index (Phi) is 25.1. The van der Waals surface area contributed by atoms with E-state index in [2.05, 4.69) is 45.2 Å². The molecular weight excluding hydrogens is 753 g/mol. The van der Waals surface area contributed by atoms with Gasteiger partial charge in [0.05, 0.1) is 13.2 Å². The number of aryl methyl sites for hydroxylation is 5. The van der Waals surface area contributed by atoms with Crippen molar-refractivity contribution in [3.8, 4) is 0 Å². The van der Waals surface area contributed by atoms with Crippen LogP contribution in [0, 0.1) is 20.8 Å². The van der Waals surface area contributed by atoms with Crippen LogP contribution in [0.5, 0.6) is 0 Å². The van der Waals surface area contributed by atoms with Crippen molar-refractivity contribution in [2.75, 3.05) is 19.8 Å². The molecule has 0 aromatic carbocycles. The Morgan fingerprint density at radius 3 is 1.79 bits per heavy atom. The van der Waals surface area contributed by atoms with Gasteiger partial charge in [0, 0.05) is 38.5 Å². The topological polar surface area (TPSA) is 198 Å². The third-order valence-electron chi connectivity index (χ3n) is 10.2. The molecule has 0 bridgehead atoms. The van der Waals surface area contributed by atoms with E-state index in [0.717, 1.165) is 126 Å². The predicted molar refractivity (Wildman–Crippen MR) is 219 cm³/mol. The molecular formula is C43H72NO12P. The highest BCUT2D eigenvalue weighted by Gasteiger charge is 2.28. The molecule has 326 valence electrons. The third-order valence-corrected chi connectivity index (χ3v) is 11.1. The SMILES string of the molecule is CCCCCc1cc(C)c(CCCCCCCCC(=O)OCC(COP(=O)(O)OCC(N)C(=O)O)OC(=O)CCCCCCCCc2oc(CCC)c(C)c2C)o1. The highest BCUT2D eigenvalue weighted by Crippen LogP contribution is 2.43. The Morgan fingerprint density at radius 1 is 0.667 bits per heavy atom. The Labute approximate surface area is 340 Å². The van der Waals surface area contributed by atoms with E-state index < -0.39 is 51.1 Å². The van der Waals surface area contributed by atoms with Crippen LogP contribution in [-0.4, -0.2) is 59.9 Å². The normalized spacial score (nSPS) is 13.7. The second-order valence-electron chi connectivity index (χ2n) is 15.3. The van der Waals surface area contributed by atoms with Gasteiger partial charge < -0.3 is 34.0 Å². The van der Waals surface area contributed by atoms with Gasteiger partial charge in [-0.15, -0.1) is 0 Å². The quantitative estimate of drug-likeness (QED) is 0.0343. The second-order valence-corrected chi connectivity index (χ2v) is 16.7. The second kappa shape index (κ2) is 28.5. The summed E-state index contributed by atoms with van der Waals surface area (Å²) in [6.07, 6.45) is 18.8. The molecule has 3 unspecified atom stereocenters. The Bertz CT molecular complexity index is 1500. The fourth-order valence-corrected chi connectivity index (χ4v) is 7.32. The van der Waals surface area contributed by atoms with Crippen LogP contribution < -0.4 is 5.73 Å². The number of hydrogen-bond acceptors (Lipinski definition) is 11. The van der Waals surface area contributed by atoms with E-state index in [0.29, 0.717) is 12.8 Å². The van der Waals surface area contributed by atoms with E-state index in [4.69, 9.17) is 33.7 Å². The largest absolute Gasteiger partial charge is 0.480 e. The molecule has 3 atom stereocenters. The fourth-order valence-electron chi connectivity index (χ4n) is 6.54. The molecule has 0 spiro atoms. The van der Waals surface area contributed by atoms with Crippen molar-refractivity contribution >= 4 is 25.7 Å². The van der Waals surface area contributed by atoms with Crippen molar-refractivity contribution in [3.63, 3.8) is 0 Å². The number of carboxylic acid groups (broad SMARTS) is 1. The lowest BCUT2D eigenvalue weighted by molar-refractivity contribution is -0.161. The predicted octanol–water partition coefficient (Wildman–Crippen LogP) is 9.73. The number of furan rings is 2. The van der Waals surface area contributed by atoms with Gasteiger partial charge in [0.25, 0.3) is 0 Å². The highest BCUT2D eigenvalue weighted by atomic mass is 31.2. The smallest absolute Gasteiger partial charge is 0.472 e. The number of phosphoric acid groups is 1. The van der Waals surface area contributed by atoms with Crippen LogP contribution in [-0.2, 0) is 63.2 Å². The number of rotatable bonds is 34. The van der Waals surface area contributed by atoms with Crippen molar-refractivity contribution in [3.05, 3.63) is 45.8 Å². The minimum absolute atomic E-state index is 0.122. The maximum Gasteiger partial charge on any atom is 0.472 e. The lowest BCUT2D eigenvalue weighted by Gasteiger charge is -2.20. The number of hydrogen-bond donors (Lipinski definition) is 3. The van der Waals surface area contributed by atoms with E-state index in [9.17, 15) is 23.8 Å². The molecule has 13 nitrogen and oxygen atoms in total. The molecule has 2 aromatic heterocycles. The molecule has 57 heavy (non-hydrogen) atoms. The number of esters is 2. The van der Waals surface area contributed by atoms with E-state index in [-0.39, 0.29) is 19.4 Å². The summed E-state index contributed by atoms with van der Waals surface area (Å²) in [6, 6.07) is 0.633. The molecule has 4 N–H and O–H groups in total. The lowest BCUT2D eigenvalue weighted by atomic mass is 10.0. The number of carbonyl (C=O) groups excluding carboxylic acids is 2. The Morgan fingerprint density at radius 2 is 1.19 bits per heavy atom. The van der Waals surface area contributed by atoms with Gasteiger partial charge in [0.1, 0.15) is 35.7 Å². The number of nitrogens with two attached hydrogens (primary N) is 1. The standard InChI is InChI=1S/C43H72NO12P/c1-6-8-17-23-35-28-32(3)38(54-35)24-18-13-9-11-15-20-26-41(45)51-29-36(30-52-57(49,50)53-31-37(44)43(47)48)55-42(46)27-21-16-12-10-14-19-25-40-34(5)33(4)39(56-40)22-7-2/h28,36-37H,6-27,29-31,44H2,1-5H3,(H,47,48)(H,49,50). The summed E-state index contributed by atoms with van der Waals surface area (Å²) in [6.45, 7) is 8.96. The first kappa shape index (κ1) is 50.2. The Hall–Kier alpha value is -2.96. The van der Waals surface area contributed by atoms with E-state index in [1.807, 2.05) is 0 Å². The van der Waals surface area contributed by atoms with Crippen LogP contribution in [0.4, 0.5) is 0 Å². The molecule has 0 aliphatic rings. The Balaban J connectivity index is 1.69. The van der Waals surface area contributed by atoms with Crippen molar-refractivity contribution in [2.45, 2.75) is 188 Å². The maximum atomic E-state index is 12.7. The first-order valence-electron chi connectivity index (χ1n) is 21.4. The summed E-state index contributed by atoms with van der Waals surface area (Å²) in [5.41, 5.74) is 9.09. The first-order chi connectivity index (χ1) is 27.3. The molecule has 2 rings (SSSR count). The molecule has 14 heteroatoms. The number of unbranched alkanes of at least 4 members (excludes halogenated alkanes) is 12. The van der Waals surface area contributed by atoms with Crippen molar-refractivity contribution < 1.29 is 56.3 Å². The van der Waals surface area contributed by atoms with Gasteiger partial charge in [-0.3, -0.25) is 23.4 Å². The highest BCUT2D eigenvalue weighted by molar-refractivity contribution is 7.47. The maximum absolute atomic E-state index is 12.7. The molecule has 0 saturated carbocycles. The third kappa shape index (κ3) is 21.6. The molecule has 0 radical (unpaired) electrons. The molecule has 0 aliphatic heterocycles. The number of phosphoric ester groups is 1. The van der Waals surface area contributed by atoms with Crippen molar-refractivity contribution in [1.29, 1.82) is 0 Å². The zero-order valence-corrected chi connectivity index (χ0v) is 36.3. The minimum atomic E-state index is -4.74. The van der Waals surface area contributed by atoms with Gasteiger partial charge in [-0.25, -0.2) is 4.57 Å². The van der Waals surface area contributed by atoms with E-state index in [1.54, 1.807) is 0 Å². The number of carboxylic acids is 1. The van der Waals surface area contributed by atoms with Crippen LogP contribution in [0.1, 0.15) is 169 Å². The van der Waals surface area contributed by atoms with Gasteiger partial charge >= 0.3 is 25.7 Å². The average Bonchev–Trinajstić information content (AvgIpc) is 3.66. The summed E-state index contributed by atoms with van der Waals surface area (Å²) in [7, 11) is -4.74. The van der Waals surface area contributed by atoms with Gasteiger partial charge in [-0.2, -0.15) is 0 Å². The van der Waals surface area contributed by atoms with Gasteiger partial charge in [0.15, 0.2) is 6.10 Å². The van der Waals surface area contributed by atoms with Gasteiger partial charge in [-0.05, 0) is 82.1 Å². The summed E-state index contributed by atoms with van der Waals surface area (Å²) in [5, 5.41) is 8.91. The molecule has 0 fully saturated rings. The van der Waals surface area contributed by atoms with Crippen LogP contribution >= 0.6 is 7.82 Å². The lowest BCUT2D eigenvalue weighted by Crippen LogP contribution is -2.34. The van der Waals surface area contributed by atoms with Crippen LogP contribution in [0.25, 0.3) is 0 Å².